The topological polar surface area (TPSA) is 263 Å². The number of aromatic amines is 2. The summed E-state index contributed by atoms with van der Waals surface area (Å²) in [7, 11) is -0.773. The van der Waals surface area contributed by atoms with E-state index in [1.165, 1.54) is 12.1 Å². The van der Waals surface area contributed by atoms with Gasteiger partial charge in [0.05, 0.1) is 35.4 Å². The number of pyridine rings is 2. The van der Waals surface area contributed by atoms with Crippen LogP contribution in [0, 0.1) is 0 Å². The second-order valence-electron chi connectivity index (χ2n) is 30.3. The van der Waals surface area contributed by atoms with E-state index in [2.05, 4.69) is 109 Å². The Morgan fingerprint density at radius 2 is 0.889 bits per heavy atom. The number of amides is 4. The number of nitrogens with zero attached hydrogens (tertiary/aromatic N) is 4. The van der Waals surface area contributed by atoms with Crippen molar-refractivity contribution < 1.29 is 43.0 Å². The van der Waals surface area contributed by atoms with Gasteiger partial charge in [-0.25, -0.2) is 0 Å². The van der Waals surface area contributed by atoms with E-state index in [0.29, 0.717) is 88.8 Å². The number of anilines is 2. The number of phenolic OH excluding ortho intramolecular Hbond substituents is 2. The molecule has 2 aliphatic rings. The Kier molecular flexibility index (Phi) is 27.9. The van der Waals surface area contributed by atoms with Crippen LogP contribution < -0.4 is 32.4 Å². The lowest BCUT2D eigenvalue weighted by atomic mass is 10.0. The molecular weight excluding hydrogens is 1290 g/mol. The Morgan fingerprint density at radius 3 is 1.24 bits per heavy atom. The third kappa shape index (κ3) is 23.0. The number of ether oxygens (including phenoxy) is 1. The molecule has 0 unspecified atom stereocenters. The molecule has 540 valence electrons. The molecule has 0 spiro atoms. The van der Waals surface area contributed by atoms with E-state index in [9.17, 15) is 39.0 Å². The van der Waals surface area contributed by atoms with Gasteiger partial charge in [0, 0.05) is 153 Å². The molecule has 8 N–H and O–H groups in total. The Labute approximate surface area is 587 Å². The van der Waals surface area contributed by atoms with Crippen molar-refractivity contribution in [2.45, 2.75) is 192 Å². The van der Waals surface area contributed by atoms with E-state index in [1.807, 2.05) is 74.8 Å². The van der Waals surface area contributed by atoms with Crippen LogP contribution in [0.25, 0.3) is 21.8 Å². The standard InChI is InChI=1S/C76H112N10O11Si2/c1-75(2,3)98(9,10)96-65(59-27-31-63(87)73-61(59)29-33-69(91)81-73)51-77-49-53-19-23-55(24-20-53)79-67(89)17-13-15-41-83(7)71(93)39-47-85-43-35-57(36-44-85)95-58-37-45-86(46-38-58)48-40-72(94)84(8)42-16-14-18-68(90)80-56-25-21-54(22-26-56)50-78-52-66(97-99(11,12)76(4,5)6)60-28-32-64(88)74-62(60)30-34-70(92)82-74/h19-34,57-58,65-66,77-78,87-88H,13-18,35-52H2,1-12H3,(H,79,89)(H,80,90)(H,81,91)(H,82,92)/t65-,66-/m0/s1. The zero-order valence-electron chi connectivity index (χ0n) is 60.9. The fraction of sp³-hybridized carbons (Fsp3) is 0.553. The molecule has 2 aliphatic heterocycles. The highest BCUT2D eigenvalue weighted by atomic mass is 28.4. The molecule has 2 atom stereocenters. The number of H-pyrrole nitrogens is 2. The highest BCUT2D eigenvalue weighted by molar-refractivity contribution is 6.74. The predicted molar refractivity (Wildman–Crippen MR) is 400 cm³/mol. The van der Waals surface area contributed by atoms with Crippen LogP contribution in [0.5, 0.6) is 11.5 Å². The van der Waals surface area contributed by atoms with Crippen LogP contribution >= 0.6 is 0 Å². The summed E-state index contributed by atoms with van der Waals surface area (Å²) >= 11 is 0. The van der Waals surface area contributed by atoms with Crippen LogP contribution in [0.1, 0.15) is 153 Å². The average Bonchev–Trinajstić information content (AvgIpc) is 0.785. The van der Waals surface area contributed by atoms with Gasteiger partial charge in [-0.1, -0.05) is 77.9 Å². The molecule has 0 aliphatic carbocycles. The van der Waals surface area contributed by atoms with Gasteiger partial charge in [-0.05, 0) is 158 Å². The molecule has 8 rings (SSSR count). The molecule has 23 heteroatoms. The lowest BCUT2D eigenvalue weighted by molar-refractivity contribution is -0.131. The van der Waals surface area contributed by atoms with Gasteiger partial charge in [-0.15, -0.1) is 0 Å². The maximum atomic E-state index is 13.1. The highest BCUT2D eigenvalue weighted by Gasteiger charge is 2.41. The first-order valence-corrected chi connectivity index (χ1v) is 41.6. The molecule has 4 aromatic carbocycles. The van der Waals surface area contributed by atoms with Crippen LogP contribution in [0.15, 0.2) is 107 Å². The lowest BCUT2D eigenvalue weighted by Crippen LogP contribution is -2.43. The number of aromatic hydroxyl groups is 2. The first-order valence-electron chi connectivity index (χ1n) is 35.7. The van der Waals surface area contributed by atoms with Crippen LogP contribution in [-0.4, -0.2) is 172 Å². The van der Waals surface area contributed by atoms with Gasteiger partial charge >= 0.3 is 0 Å². The quantitative estimate of drug-likeness (QED) is 0.0138. The number of unbranched alkanes of at least 4 members (excludes halogenated alkanes) is 2. The Hall–Kier alpha value is -7.07. The summed E-state index contributed by atoms with van der Waals surface area (Å²) < 4.78 is 20.5. The molecule has 4 amide bonds. The first kappa shape index (κ1) is 77.7. The minimum absolute atomic E-state index is 0.0135. The Morgan fingerprint density at radius 1 is 0.525 bits per heavy atom. The van der Waals surface area contributed by atoms with Gasteiger partial charge in [0.2, 0.25) is 34.7 Å². The minimum atomic E-state index is -2.23. The minimum Gasteiger partial charge on any atom is -0.506 e. The largest absolute Gasteiger partial charge is 0.506 e. The van der Waals surface area contributed by atoms with E-state index < -0.39 is 16.6 Å². The summed E-state index contributed by atoms with van der Waals surface area (Å²) in [6.07, 6.45) is 7.98. The van der Waals surface area contributed by atoms with E-state index in [0.717, 1.165) is 122 Å². The fourth-order valence-corrected chi connectivity index (χ4v) is 14.9. The van der Waals surface area contributed by atoms with Crippen molar-refractivity contribution in [3.63, 3.8) is 0 Å². The third-order valence-corrected chi connectivity index (χ3v) is 29.6. The molecule has 0 bridgehead atoms. The van der Waals surface area contributed by atoms with Gasteiger partial charge in [-0.3, -0.25) is 28.8 Å². The van der Waals surface area contributed by atoms with Gasteiger partial charge in [0.15, 0.2) is 16.6 Å². The number of rotatable bonds is 34. The second kappa shape index (κ2) is 35.5. The van der Waals surface area contributed by atoms with E-state index >= 15 is 0 Å². The Bertz CT molecular complexity index is 3520. The molecule has 2 fully saturated rings. The summed E-state index contributed by atoms with van der Waals surface area (Å²) in [5, 5.41) is 35.7. The number of phenols is 2. The lowest BCUT2D eigenvalue weighted by Gasteiger charge is -2.39. The van der Waals surface area contributed by atoms with Crippen molar-refractivity contribution in [2.24, 2.45) is 0 Å². The summed E-state index contributed by atoms with van der Waals surface area (Å²) in [6, 6.07) is 29.0. The number of nitrogens with one attached hydrogen (secondary N) is 6. The van der Waals surface area contributed by atoms with E-state index in [4.69, 9.17) is 13.6 Å². The summed E-state index contributed by atoms with van der Waals surface area (Å²) in [4.78, 5) is 90.3. The highest BCUT2D eigenvalue weighted by Crippen LogP contribution is 2.43. The maximum Gasteiger partial charge on any atom is 0.248 e. The first-order chi connectivity index (χ1) is 46.9. The number of likely N-dealkylation sites (tertiary alicyclic amines) is 2. The fourth-order valence-electron chi connectivity index (χ4n) is 12.3. The van der Waals surface area contributed by atoms with Gasteiger partial charge in [0.25, 0.3) is 0 Å². The second-order valence-corrected chi connectivity index (χ2v) is 39.8. The van der Waals surface area contributed by atoms with Crippen LogP contribution in [0.4, 0.5) is 11.4 Å². The van der Waals surface area contributed by atoms with E-state index in [-0.39, 0.29) is 80.7 Å². The molecule has 6 aromatic rings. The van der Waals surface area contributed by atoms with Crippen LogP contribution in [-0.2, 0) is 45.9 Å². The van der Waals surface area contributed by atoms with Crippen molar-refractivity contribution in [1.29, 1.82) is 0 Å². The van der Waals surface area contributed by atoms with Crippen molar-refractivity contribution in [2.75, 3.05) is 90.2 Å². The van der Waals surface area contributed by atoms with Gasteiger partial charge in [0.1, 0.15) is 11.5 Å². The molecule has 0 radical (unpaired) electrons. The smallest absolute Gasteiger partial charge is 0.248 e. The third-order valence-electron chi connectivity index (χ3n) is 20.7. The normalized spacial score (nSPS) is 15.5. The molecule has 0 saturated carbocycles. The van der Waals surface area contributed by atoms with Crippen molar-refractivity contribution >= 4 is 73.4 Å². The summed E-state index contributed by atoms with van der Waals surface area (Å²) in [5.41, 5.74) is 5.54. The number of piperidine rings is 2. The maximum absolute atomic E-state index is 13.1. The number of carbonyl (C=O) groups excluding carboxylic acids is 4. The number of benzene rings is 4. The monoisotopic (exact) mass is 1400 g/mol. The number of aromatic nitrogens is 2. The molecular formula is C76H112N10O11Si2. The number of hydrogen-bond donors (Lipinski definition) is 8. The molecule has 2 aromatic heterocycles. The molecule has 4 heterocycles. The van der Waals surface area contributed by atoms with E-state index in [1.54, 1.807) is 34.1 Å². The van der Waals surface area contributed by atoms with Crippen molar-refractivity contribution in [3.05, 3.63) is 140 Å². The van der Waals surface area contributed by atoms with Crippen LogP contribution in [0.3, 0.4) is 0 Å². The van der Waals surface area contributed by atoms with Crippen LogP contribution in [0.2, 0.25) is 36.3 Å². The number of hydrogen-bond acceptors (Lipinski definition) is 15. The summed E-state index contributed by atoms with van der Waals surface area (Å²) in [6.45, 7) is 30.4. The van der Waals surface area contributed by atoms with Crippen molar-refractivity contribution in [3.8, 4) is 11.5 Å². The average molecular weight is 1400 g/mol. The molecule has 21 nitrogen and oxygen atoms in total. The molecule has 2 saturated heterocycles. The van der Waals surface area contributed by atoms with Gasteiger partial charge in [-0.2, -0.15) is 0 Å². The zero-order valence-corrected chi connectivity index (χ0v) is 62.9. The number of fused-ring (bicyclic) bond motifs is 2. The van der Waals surface area contributed by atoms with Crippen molar-refractivity contribution in [1.82, 2.24) is 40.2 Å². The summed E-state index contributed by atoms with van der Waals surface area (Å²) in [5.74, 6) is 0.124. The Balaban J connectivity index is 0.630. The predicted octanol–water partition coefficient (Wildman–Crippen LogP) is 12.0. The zero-order chi connectivity index (χ0) is 71.7. The SMILES string of the molecule is CN(CCCCC(=O)Nc1ccc(CNC[C@H](O[Si](C)(C)C(C)(C)C)c2ccc(O)c3[nH]c(=O)ccc23)cc1)C(=O)CCN1CCC(OC2CCN(CCC(=O)N(C)CCCCC(=O)Nc3ccc(CNC[C@H](O[Si](C)(C)C(C)(C)C)c4ccc(O)c5[nH]c(=O)ccc45)cc3)CC2)CC1. The molecule has 99 heavy (non-hydrogen) atoms. The van der Waals surface area contributed by atoms with Gasteiger partial charge < -0.3 is 74.6 Å². The number of carbonyl (C=O) groups is 4.